The lowest BCUT2D eigenvalue weighted by molar-refractivity contribution is 0.0199. The average Bonchev–Trinajstić information content (AvgIpc) is 2.43. The second-order valence-electron chi connectivity index (χ2n) is 4.05. The lowest BCUT2D eigenvalue weighted by Gasteiger charge is -2.33. The monoisotopic (exact) mass is 215 g/mol. The molecule has 2 aliphatic rings. The molecule has 0 aromatic rings. The van der Waals surface area contributed by atoms with E-state index in [9.17, 15) is 8.42 Å². The molecule has 6 heteroatoms. The lowest BCUT2D eigenvalue weighted by atomic mass is 9.86. The molecule has 0 spiro atoms. The Morgan fingerprint density at radius 3 is 2.50 bits per heavy atom. The first-order valence-corrected chi connectivity index (χ1v) is 6.23. The second-order valence-corrected chi connectivity index (χ2v) is 6.27. The average molecular weight is 215 g/mol. The van der Waals surface area contributed by atoms with Gasteiger partial charge in [-0.3, -0.25) is 0 Å². The van der Waals surface area contributed by atoms with Gasteiger partial charge in [-0.1, -0.05) is 13.8 Å². The van der Waals surface area contributed by atoms with Crippen LogP contribution >= 0.6 is 0 Å². The molecule has 1 unspecified atom stereocenters. The van der Waals surface area contributed by atoms with E-state index < -0.39 is 21.0 Å². The van der Waals surface area contributed by atoms with E-state index in [4.69, 9.17) is 12.6 Å². The van der Waals surface area contributed by atoms with Gasteiger partial charge in [0.05, 0.1) is 0 Å². The van der Waals surface area contributed by atoms with Crippen LogP contribution < -0.4 is 0 Å². The van der Waals surface area contributed by atoms with Crippen LogP contribution in [0.5, 0.6) is 0 Å². The smallest absolute Gasteiger partial charge is 0.244 e. The summed E-state index contributed by atoms with van der Waals surface area (Å²) in [5, 5.41) is 0. The summed E-state index contributed by atoms with van der Waals surface area (Å²) in [6, 6.07) is -0.696. The Hall–Kier alpha value is -0.0651. The maximum absolute atomic E-state index is 12.0. The topological polar surface area (TPSA) is 46.6 Å². The van der Waals surface area contributed by atoms with Crippen LogP contribution in [-0.4, -0.2) is 44.6 Å². The van der Waals surface area contributed by atoms with Crippen LogP contribution in [0.25, 0.3) is 0 Å². The van der Waals surface area contributed by atoms with Crippen LogP contribution in [0.3, 0.4) is 0 Å². The first-order chi connectivity index (χ1) is 6.38. The molecule has 4 atom stereocenters. The fourth-order valence-corrected chi connectivity index (χ4v) is 5.08. The van der Waals surface area contributed by atoms with Crippen LogP contribution in [-0.2, 0) is 14.8 Å². The quantitative estimate of drug-likeness (QED) is 0.573. The van der Waals surface area contributed by atoms with E-state index in [0.717, 1.165) is 0 Å². The Balaban J connectivity index is 2.57. The zero-order valence-electron chi connectivity index (χ0n) is 8.60. The van der Waals surface area contributed by atoms with Crippen molar-refractivity contribution in [2.24, 2.45) is 5.92 Å². The standard InChI is InChI=1S/C8H14BNO3S/c1-4-8-5(2)6(7(9)13-8)10(3)14(8,11)12/h5-7H,4H2,1-3H3/t5?,6-,7+,8-/m0/s1. The van der Waals surface area contributed by atoms with Gasteiger partial charge in [0.1, 0.15) is 7.85 Å². The molecule has 2 heterocycles. The third-order valence-corrected chi connectivity index (χ3v) is 6.24. The number of fused-ring (bicyclic) bond motifs is 2. The number of ether oxygens (including phenoxy) is 1. The third kappa shape index (κ3) is 0.852. The second kappa shape index (κ2) is 2.74. The summed E-state index contributed by atoms with van der Waals surface area (Å²) in [7, 11) is 4.01. The first-order valence-electron chi connectivity index (χ1n) is 4.79. The van der Waals surface area contributed by atoms with Crippen LogP contribution in [0.4, 0.5) is 0 Å². The fraction of sp³-hybridized carbons (Fsp3) is 1.00. The molecule has 2 radical (unpaired) electrons. The molecule has 2 rings (SSSR count). The molecule has 4 nitrogen and oxygen atoms in total. The molecule has 2 fully saturated rings. The Morgan fingerprint density at radius 2 is 2.14 bits per heavy atom. The van der Waals surface area contributed by atoms with Crippen LogP contribution in [0.1, 0.15) is 20.3 Å². The molecule has 0 aromatic heterocycles. The highest BCUT2D eigenvalue weighted by Crippen LogP contribution is 2.51. The Bertz CT molecular complexity index is 358. The number of nitrogens with zero attached hydrogens (tertiary/aromatic N) is 1. The van der Waals surface area contributed by atoms with Crippen molar-refractivity contribution in [3.63, 3.8) is 0 Å². The molecule has 0 saturated carbocycles. The number of rotatable bonds is 1. The molecule has 78 valence electrons. The van der Waals surface area contributed by atoms with E-state index in [0.29, 0.717) is 6.42 Å². The molecule has 0 aromatic carbocycles. The van der Waals surface area contributed by atoms with Gasteiger partial charge in [-0.2, -0.15) is 4.31 Å². The zero-order valence-corrected chi connectivity index (χ0v) is 9.41. The van der Waals surface area contributed by atoms with Gasteiger partial charge >= 0.3 is 0 Å². The van der Waals surface area contributed by atoms with Gasteiger partial charge in [0.25, 0.3) is 0 Å². The zero-order chi connectivity index (χ0) is 10.7. The highest BCUT2D eigenvalue weighted by atomic mass is 32.2. The van der Waals surface area contributed by atoms with Crippen molar-refractivity contribution in [3.8, 4) is 0 Å². The minimum atomic E-state index is -3.33. The van der Waals surface area contributed by atoms with Crippen molar-refractivity contribution in [3.05, 3.63) is 0 Å². The van der Waals surface area contributed by atoms with Crippen LogP contribution in [0.15, 0.2) is 0 Å². The van der Waals surface area contributed by atoms with E-state index in [1.807, 2.05) is 13.8 Å². The van der Waals surface area contributed by atoms with Gasteiger partial charge in [0.2, 0.25) is 10.0 Å². The first kappa shape index (κ1) is 10.5. The van der Waals surface area contributed by atoms with Gasteiger partial charge in [-0.25, -0.2) is 8.42 Å². The minimum Gasteiger partial charge on any atom is -0.362 e. The van der Waals surface area contributed by atoms with Gasteiger partial charge in [0, 0.05) is 25.0 Å². The summed E-state index contributed by atoms with van der Waals surface area (Å²) < 4.78 is 30.8. The highest BCUT2D eigenvalue weighted by Gasteiger charge is 2.67. The normalized spacial score (nSPS) is 51.2. The van der Waals surface area contributed by atoms with Crippen LogP contribution in [0, 0.1) is 5.92 Å². The van der Waals surface area contributed by atoms with Crippen LogP contribution in [0.2, 0.25) is 0 Å². The molecule has 2 saturated heterocycles. The SMILES string of the molecule is [B][C@@H]1O[C@]2(CC)C(C)[C@@H]1N(C)S2(=O)=O. The minimum absolute atomic E-state index is 0.0579. The van der Waals surface area contributed by atoms with Gasteiger partial charge in [-0.05, 0) is 6.42 Å². The fourth-order valence-electron chi connectivity index (χ4n) is 2.76. The van der Waals surface area contributed by atoms with E-state index >= 15 is 0 Å². The highest BCUT2D eigenvalue weighted by molar-refractivity contribution is 7.90. The predicted molar refractivity (Wildman–Crippen MR) is 53.3 cm³/mol. The number of likely N-dealkylation sites (N-methyl/N-ethyl adjacent to an activating group) is 1. The molecule has 0 amide bonds. The van der Waals surface area contributed by atoms with Crippen molar-refractivity contribution in [2.75, 3.05) is 7.05 Å². The predicted octanol–water partition coefficient (Wildman–Crippen LogP) is -0.103. The molecular formula is C8H14BNO3S. The number of hydrogen-bond donors (Lipinski definition) is 0. The number of hydrogen-bond acceptors (Lipinski definition) is 3. The molecule has 2 aliphatic heterocycles. The molecule has 0 aliphatic carbocycles. The summed E-state index contributed by atoms with van der Waals surface area (Å²) in [4.78, 5) is -1.08. The summed E-state index contributed by atoms with van der Waals surface area (Å²) in [6.45, 7) is 3.71. The van der Waals surface area contributed by atoms with Crippen molar-refractivity contribution in [1.82, 2.24) is 4.31 Å². The third-order valence-electron chi connectivity index (χ3n) is 3.61. The summed E-state index contributed by atoms with van der Waals surface area (Å²) >= 11 is 0. The maximum atomic E-state index is 12.0. The van der Waals surface area contributed by atoms with E-state index in [1.165, 1.54) is 4.31 Å². The largest absolute Gasteiger partial charge is 0.362 e. The van der Waals surface area contributed by atoms with Gasteiger partial charge in [-0.15, -0.1) is 0 Å². The molecule has 0 N–H and O–H groups in total. The summed E-state index contributed by atoms with van der Waals surface area (Å²) in [6.07, 6.45) is 0.449. The van der Waals surface area contributed by atoms with Crippen molar-refractivity contribution < 1.29 is 13.2 Å². The van der Waals surface area contributed by atoms with Crippen molar-refractivity contribution >= 4 is 17.9 Å². The van der Waals surface area contributed by atoms with E-state index in [-0.39, 0.29) is 12.0 Å². The van der Waals surface area contributed by atoms with E-state index in [1.54, 1.807) is 7.05 Å². The Labute approximate surface area is 86.1 Å². The molecule has 14 heavy (non-hydrogen) atoms. The van der Waals surface area contributed by atoms with Crippen molar-refractivity contribution in [2.45, 2.75) is 37.2 Å². The number of sulfonamides is 1. The van der Waals surface area contributed by atoms with Gasteiger partial charge in [0.15, 0.2) is 4.93 Å². The summed E-state index contributed by atoms with van der Waals surface area (Å²) in [5.74, 6) is -0.0579. The maximum Gasteiger partial charge on any atom is 0.244 e. The molecule has 2 bridgehead atoms. The lowest BCUT2D eigenvalue weighted by Crippen LogP contribution is -2.49. The van der Waals surface area contributed by atoms with Gasteiger partial charge < -0.3 is 4.74 Å². The molecular weight excluding hydrogens is 201 g/mol. The Kier molecular flexibility index (Phi) is 2.05. The summed E-state index contributed by atoms with van der Waals surface area (Å²) in [5.41, 5.74) is 0. The van der Waals surface area contributed by atoms with Crippen molar-refractivity contribution in [1.29, 1.82) is 0 Å². The van der Waals surface area contributed by atoms with E-state index in [2.05, 4.69) is 0 Å². The Morgan fingerprint density at radius 1 is 1.57 bits per heavy atom.